The summed E-state index contributed by atoms with van der Waals surface area (Å²) in [5, 5.41) is 66.6. The van der Waals surface area contributed by atoms with Gasteiger partial charge in [-0.1, -0.05) is 76.3 Å². The Morgan fingerprint density at radius 1 is 0.574 bits per heavy atom. The standard InChI is InChI=1S/2C17H32N2O4.Ca/c2*1-3-5-7-15(20)13-18-10-12-19(11-9-17(22)23)14-16(21)8-6-4-2;/h2*5-8,15-16,18,20-21H,3-4,9-14H2,1-2H3,(H,22,23);/q;;+2/p-2/b7-5+,8-6+;7-5-,8-6+;. The normalized spacial score (nSPS) is 14.5. The molecule has 0 spiro atoms. The molecule has 47 heavy (non-hydrogen) atoms. The van der Waals surface area contributed by atoms with Crippen molar-refractivity contribution in [2.75, 3.05) is 65.4 Å². The molecule has 4 unspecified atom stereocenters. The van der Waals surface area contributed by atoms with E-state index < -0.39 is 36.4 Å². The van der Waals surface area contributed by atoms with Crippen molar-refractivity contribution in [2.24, 2.45) is 0 Å². The summed E-state index contributed by atoms with van der Waals surface area (Å²) < 4.78 is 0. The Morgan fingerprint density at radius 3 is 1.15 bits per heavy atom. The number of aliphatic hydroxyl groups excluding tert-OH is 4. The first-order chi connectivity index (χ1) is 22.0. The molecule has 4 atom stereocenters. The van der Waals surface area contributed by atoms with E-state index in [1.807, 2.05) is 61.8 Å². The van der Waals surface area contributed by atoms with Crippen molar-refractivity contribution in [2.45, 2.75) is 90.6 Å². The number of aliphatic carboxylic acids is 2. The summed E-state index contributed by atoms with van der Waals surface area (Å²) in [4.78, 5) is 25.0. The van der Waals surface area contributed by atoms with E-state index in [1.54, 1.807) is 24.3 Å². The monoisotopic (exact) mass is 694 g/mol. The van der Waals surface area contributed by atoms with E-state index in [2.05, 4.69) is 10.6 Å². The van der Waals surface area contributed by atoms with Gasteiger partial charge in [0.05, 0.1) is 24.4 Å². The smallest absolute Gasteiger partial charge is 0.550 e. The Bertz CT molecular complexity index is 792. The molecule has 0 bridgehead atoms. The van der Waals surface area contributed by atoms with Gasteiger partial charge in [-0.2, -0.15) is 0 Å². The van der Waals surface area contributed by atoms with Gasteiger partial charge in [0.1, 0.15) is 0 Å². The quantitative estimate of drug-likeness (QED) is 0.0332. The van der Waals surface area contributed by atoms with Crippen LogP contribution in [0.25, 0.3) is 0 Å². The molecular weight excluding hydrogens is 632 g/mol. The third-order valence-electron chi connectivity index (χ3n) is 6.45. The van der Waals surface area contributed by atoms with Gasteiger partial charge in [0.15, 0.2) is 0 Å². The molecule has 0 aromatic carbocycles. The van der Waals surface area contributed by atoms with Gasteiger partial charge in [-0.25, -0.2) is 0 Å². The van der Waals surface area contributed by atoms with Crippen LogP contribution in [0.2, 0.25) is 0 Å². The first kappa shape index (κ1) is 50.2. The van der Waals surface area contributed by atoms with Crippen LogP contribution in [0, 0.1) is 0 Å². The molecule has 0 saturated carbocycles. The van der Waals surface area contributed by atoms with Crippen molar-refractivity contribution in [3.63, 3.8) is 0 Å². The van der Waals surface area contributed by atoms with Gasteiger partial charge in [0.2, 0.25) is 0 Å². The Morgan fingerprint density at radius 2 is 0.872 bits per heavy atom. The number of nitrogens with one attached hydrogen (secondary N) is 2. The zero-order chi connectivity index (χ0) is 35.0. The molecule has 0 saturated heterocycles. The fraction of sp³-hybridized carbons (Fsp3) is 0.706. The van der Waals surface area contributed by atoms with Crippen LogP contribution in [0.5, 0.6) is 0 Å². The molecule has 0 heterocycles. The van der Waals surface area contributed by atoms with Crippen molar-refractivity contribution in [3.8, 4) is 0 Å². The minimum absolute atomic E-state index is 0. The molecule has 0 aromatic rings. The predicted molar refractivity (Wildman–Crippen MR) is 185 cm³/mol. The van der Waals surface area contributed by atoms with E-state index in [1.165, 1.54) is 0 Å². The summed E-state index contributed by atoms with van der Waals surface area (Å²) in [6.07, 6.45) is 15.6. The summed E-state index contributed by atoms with van der Waals surface area (Å²) in [7, 11) is 0. The maximum Gasteiger partial charge on any atom is 2.00 e. The van der Waals surface area contributed by atoms with E-state index in [0.717, 1.165) is 25.7 Å². The van der Waals surface area contributed by atoms with Crippen molar-refractivity contribution in [1.29, 1.82) is 0 Å². The van der Waals surface area contributed by atoms with Crippen LogP contribution in [0.15, 0.2) is 48.6 Å². The number of hydrogen-bond donors (Lipinski definition) is 6. The average Bonchev–Trinajstić information content (AvgIpc) is 3.02. The van der Waals surface area contributed by atoms with Crippen molar-refractivity contribution in [3.05, 3.63) is 48.6 Å². The number of carbonyl (C=O) groups excluding carboxylic acids is 2. The molecule has 268 valence electrons. The maximum absolute atomic E-state index is 10.6. The van der Waals surface area contributed by atoms with Crippen LogP contribution in [0.1, 0.15) is 66.2 Å². The number of rotatable bonds is 28. The number of hydrogen-bond acceptors (Lipinski definition) is 12. The third kappa shape index (κ3) is 37.5. The summed E-state index contributed by atoms with van der Waals surface area (Å²) in [5.74, 6) is -2.19. The van der Waals surface area contributed by atoms with Crippen LogP contribution < -0.4 is 20.8 Å². The van der Waals surface area contributed by atoms with Crippen molar-refractivity contribution >= 4 is 49.7 Å². The van der Waals surface area contributed by atoms with Crippen LogP contribution in [-0.4, -0.2) is 170 Å². The molecular formula is C34H62CaN4O8. The summed E-state index contributed by atoms with van der Waals surface area (Å²) in [5.41, 5.74) is 0. The number of allylic oxidation sites excluding steroid dienone is 4. The van der Waals surface area contributed by atoms with Crippen LogP contribution in [0.4, 0.5) is 0 Å². The van der Waals surface area contributed by atoms with Crippen molar-refractivity contribution in [1.82, 2.24) is 20.4 Å². The Labute approximate surface area is 313 Å². The number of carbonyl (C=O) groups is 2. The minimum atomic E-state index is -1.10. The first-order valence-electron chi connectivity index (χ1n) is 16.6. The van der Waals surface area contributed by atoms with Gasteiger partial charge in [-0.3, -0.25) is 9.80 Å². The van der Waals surface area contributed by atoms with E-state index in [0.29, 0.717) is 65.4 Å². The zero-order valence-electron chi connectivity index (χ0n) is 29.3. The second-order valence-electron chi connectivity index (χ2n) is 10.9. The fourth-order valence-corrected chi connectivity index (χ4v) is 4.02. The molecule has 0 aliphatic heterocycles. The van der Waals surface area contributed by atoms with Gasteiger partial charge in [0.25, 0.3) is 0 Å². The number of nitrogens with zero attached hydrogens (tertiary/aromatic N) is 2. The summed E-state index contributed by atoms with van der Waals surface area (Å²) >= 11 is 0. The molecule has 0 fully saturated rings. The Kier molecular flexibility index (Phi) is 38.6. The summed E-state index contributed by atoms with van der Waals surface area (Å²) in [6, 6.07) is 0. The van der Waals surface area contributed by atoms with Gasteiger partial charge >= 0.3 is 37.7 Å². The van der Waals surface area contributed by atoms with Crippen LogP contribution >= 0.6 is 0 Å². The van der Waals surface area contributed by atoms with E-state index in [-0.39, 0.29) is 50.6 Å². The van der Waals surface area contributed by atoms with Gasteiger partial charge in [0, 0.05) is 77.4 Å². The second kappa shape index (κ2) is 36.1. The molecule has 0 aliphatic carbocycles. The first-order valence-corrected chi connectivity index (χ1v) is 16.6. The van der Waals surface area contributed by atoms with Gasteiger partial charge < -0.3 is 50.9 Å². The second-order valence-corrected chi connectivity index (χ2v) is 10.9. The summed E-state index contributed by atoms with van der Waals surface area (Å²) in [6.45, 7) is 12.7. The minimum Gasteiger partial charge on any atom is -0.550 e. The molecule has 0 aromatic heterocycles. The van der Waals surface area contributed by atoms with Gasteiger partial charge in [-0.05, 0) is 38.5 Å². The topological polar surface area (TPSA) is 192 Å². The van der Waals surface area contributed by atoms with Gasteiger partial charge in [-0.15, -0.1) is 0 Å². The molecule has 6 N–H and O–H groups in total. The molecule has 0 aliphatic rings. The number of carboxylic acids is 2. The average molecular weight is 695 g/mol. The molecule has 13 heteroatoms. The number of aliphatic hydroxyl groups is 4. The largest absolute Gasteiger partial charge is 2.00 e. The predicted octanol–water partition coefficient (Wildman–Crippen LogP) is -1.04. The van der Waals surface area contributed by atoms with Crippen LogP contribution in [0.3, 0.4) is 0 Å². The zero-order valence-corrected chi connectivity index (χ0v) is 31.5. The Balaban J connectivity index is -0.000000807. The molecule has 0 amide bonds. The maximum atomic E-state index is 10.6. The van der Waals surface area contributed by atoms with E-state index in [4.69, 9.17) is 0 Å². The van der Waals surface area contributed by atoms with Crippen molar-refractivity contribution < 1.29 is 40.2 Å². The third-order valence-corrected chi connectivity index (χ3v) is 6.45. The fourth-order valence-electron chi connectivity index (χ4n) is 4.02. The molecule has 0 radical (unpaired) electrons. The van der Waals surface area contributed by atoms with Crippen LogP contribution in [-0.2, 0) is 9.59 Å². The van der Waals surface area contributed by atoms with E-state index in [9.17, 15) is 40.2 Å². The SMILES string of the molecule is CC/C=C/C(O)CNCCN(CCC(=O)[O-])CC(O)/C=C/CC.CC/C=C\C(O)CNCCN(CCC(=O)[O-])CC(O)/C=C/CC.[Ca+2]. The Hall–Kier alpha value is -1.16. The molecule has 12 nitrogen and oxygen atoms in total. The van der Waals surface area contributed by atoms with E-state index >= 15 is 0 Å². The molecule has 0 rings (SSSR count). The number of carboxylic acid groups (broad SMARTS) is 2.